The highest BCUT2D eigenvalue weighted by molar-refractivity contribution is 5.75. The van der Waals surface area contributed by atoms with E-state index in [1.54, 1.807) is 11.9 Å². The maximum Gasteiger partial charge on any atom is 0.129 e. The highest BCUT2D eigenvalue weighted by Gasteiger charge is 2.18. The first kappa shape index (κ1) is 11.1. The molecule has 0 fully saturated rings. The van der Waals surface area contributed by atoms with Crippen LogP contribution in [0.15, 0.2) is 10.3 Å². The van der Waals surface area contributed by atoms with E-state index in [9.17, 15) is 9.18 Å². The third-order valence-corrected chi connectivity index (χ3v) is 2.17. The molecule has 0 saturated carbocycles. The fourth-order valence-electron chi connectivity index (χ4n) is 1.43. The summed E-state index contributed by atoms with van der Waals surface area (Å²) in [4.78, 5) is 10.7. The quantitative estimate of drug-likeness (QED) is 0.657. The van der Waals surface area contributed by atoms with Gasteiger partial charge < -0.3 is 4.79 Å². The van der Waals surface area contributed by atoms with Gasteiger partial charge in [-0.1, -0.05) is 5.22 Å². The van der Waals surface area contributed by atoms with E-state index in [1.807, 2.05) is 0 Å². The molecule has 1 unspecified atom stereocenters. The molecule has 0 aromatic rings. The van der Waals surface area contributed by atoms with Crippen LogP contribution in [0.5, 0.6) is 0 Å². The third kappa shape index (κ3) is 3.81. The summed E-state index contributed by atoms with van der Waals surface area (Å²) in [5.74, 6) is 0.209. The zero-order valence-electron chi connectivity index (χ0n) is 8.45. The highest BCUT2D eigenvalue weighted by atomic mass is 19.1. The Morgan fingerprint density at radius 1 is 1.64 bits per heavy atom. The number of hydrogen-bond acceptors (Lipinski definition) is 4. The van der Waals surface area contributed by atoms with Gasteiger partial charge in [0.15, 0.2) is 0 Å². The van der Waals surface area contributed by atoms with Crippen molar-refractivity contribution in [2.75, 3.05) is 19.8 Å². The highest BCUT2D eigenvalue weighted by Crippen LogP contribution is 2.14. The van der Waals surface area contributed by atoms with Gasteiger partial charge in [-0.3, -0.25) is 5.01 Å². The number of hydrogen-bond donors (Lipinski definition) is 0. The largest absolute Gasteiger partial charge is 0.300 e. The fraction of sp³-hybridized carbons (Fsp3) is 0.889. The minimum Gasteiger partial charge on any atom is -0.300 e. The Morgan fingerprint density at radius 3 is 3.07 bits per heavy atom. The topological polar surface area (TPSA) is 45.0 Å². The minimum atomic E-state index is -0.390. The normalized spacial score (nSPS) is 20.4. The van der Waals surface area contributed by atoms with E-state index in [1.165, 1.54) is 0 Å². The zero-order chi connectivity index (χ0) is 10.4. The van der Waals surface area contributed by atoms with Gasteiger partial charge in [0.2, 0.25) is 0 Å². The van der Waals surface area contributed by atoms with Crippen LogP contribution < -0.4 is 0 Å². The van der Waals surface area contributed by atoms with Crippen molar-refractivity contribution in [2.24, 2.45) is 10.3 Å². The molecule has 1 aliphatic rings. The summed E-state index contributed by atoms with van der Waals surface area (Å²) in [5.41, 5.74) is 0. The summed E-state index contributed by atoms with van der Waals surface area (Å²) in [6.45, 7) is 2.22. The second-order valence-corrected chi connectivity index (χ2v) is 3.55. The molecular weight excluding hydrogens is 185 g/mol. The summed E-state index contributed by atoms with van der Waals surface area (Å²) in [6.07, 6.45) is 2.32. The smallest absolute Gasteiger partial charge is 0.129 e. The number of ketones is 1. The second kappa shape index (κ2) is 5.67. The number of nitrogens with zero attached hydrogens (tertiary/aromatic N) is 3. The first-order valence-electron chi connectivity index (χ1n) is 4.93. The Morgan fingerprint density at radius 2 is 2.43 bits per heavy atom. The van der Waals surface area contributed by atoms with Crippen LogP contribution in [-0.4, -0.2) is 36.6 Å². The van der Waals surface area contributed by atoms with Crippen LogP contribution in [0.4, 0.5) is 4.39 Å². The van der Waals surface area contributed by atoms with Gasteiger partial charge >= 0.3 is 0 Å². The molecule has 0 bridgehead atoms. The predicted octanol–water partition coefficient (Wildman–Crippen LogP) is 1.77. The third-order valence-electron chi connectivity index (χ3n) is 2.17. The van der Waals surface area contributed by atoms with Crippen molar-refractivity contribution in [1.29, 1.82) is 0 Å². The molecule has 0 saturated heterocycles. The van der Waals surface area contributed by atoms with Crippen LogP contribution in [0.1, 0.15) is 26.2 Å². The fourth-order valence-corrected chi connectivity index (χ4v) is 1.43. The van der Waals surface area contributed by atoms with Crippen molar-refractivity contribution in [2.45, 2.75) is 32.2 Å². The van der Waals surface area contributed by atoms with E-state index in [-0.39, 0.29) is 18.5 Å². The Hall–Kier alpha value is -1.00. The molecule has 0 N–H and O–H groups in total. The summed E-state index contributed by atoms with van der Waals surface area (Å²) >= 11 is 0. The van der Waals surface area contributed by atoms with Gasteiger partial charge in [-0.15, -0.1) is 0 Å². The van der Waals surface area contributed by atoms with Gasteiger partial charge in [-0.25, -0.2) is 4.39 Å². The van der Waals surface area contributed by atoms with Gasteiger partial charge in [0.1, 0.15) is 12.5 Å². The number of carbonyl (C=O) groups is 1. The minimum absolute atomic E-state index is 0.154. The summed E-state index contributed by atoms with van der Waals surface area (Å²) in [5, 5.41) is 9.48. The van der Waals surface area contributed by atoms with Crippen LogP contribution >= 0.6 is 0 Å². The molecule has 80 valence electrons. The summed E-state index contributed by atoms with van der Waals surface area (Å²) in [7, 11) is 0. The van der Waals surface area contributed by atoms with Crippen molar-refractivity contribution < 1.29 is 9.18 Å². The number of rotatable bonds is 6. The average Bonchev–Trinajstić information content (AvgIpc) is 2.53. The monoisotopic (exact) mass is 201 g/mol. The van der Waals surface area contributed by atoms with Gasteiger partial charge in [-0.05, 0) is 19.8 Å². The zero-order valence-corrected chi connectivity index (χ0v) is 8.45. The number of halogens is 1. The lowest BCUT2D eigenvalue weighted by Crippen LogP contribution is -2.23. The van der Waals surface area contributed by atoms with Crippen molar-refractivity contribution in [3.8, 4) is 0 Å². The van der Waals surface area contributed by atoms with Crippen LogP contribution in [0, 0.1) is 0 Å². The van der Waals surface area contributed by atoms with Gasteiger partial charge in [0, 0.05) is 6.42 Å². The Labute approximate surface area is 83.2 Å². The van der Waals surface area contributed by atoms with Crippen LogP contribution in [0.2, 0.25) is 0 Å². The molecule has 1 heterocycles. The Bertz CT molecular complexity index is 220. The van der Waals surface area contributed by atoms with E-state index in [4.69, 9.17) is 0 Å². The van der Waals surface area contributed by atoms with Gasteiger partial charge in [-0.2, -0.15) is 5.11 Å². The van der Waals surface area contributed by atoms with E-state index in [2.05, 4.69) is 10.3 Å². The molecule has 1 rings (SSSR count). The van der Waals surface area contributed by atoms with E-state index < -0.39 is 0 Å². The van der Waals surface area contributed by atoms with Crippen molar-refractivity contribution in [3.63, 3.8) is 0 Å². The van der Waals surface area contributed by atoms with Crippen LogP contribution in [0.3, 0.4) is 0 Å². The molecule has 0 radical (unpaired) electrons. The molecule has 5 heteroatoms. The first-order valence-corrected chi connectivity index (χ1v) is 4.93. The van der Waals surface area contributed by atoms with Crippen LogP contribution in [-0.2, 0) is 4.79 Å². The number of alkyl halides is 1. The molecule has 1 aliphatic heterocycles. The second-order valence-electron chi connectivity index (χ2n) is 3.55. The summed E-state index contributed by atoms with van der Waals surface area (Å²) < 4.78 is 11.9. The van der Waals surface area contributed by atoms with Crippen molar-refractivity contribution >= 4 is 5.78 Å². The lowest BCUT2D eigenvalue weighted by Gasteiger charge is -2.10. The Kier molecular flexibility index (Phi) is 4.49. The first-order chi connectivity index (χ1) is 6.72. The SMILES string of the molecule is CC(=O)CCCC1CN(CCF)N=N1. The summed E-state index contributed by atoms with van der Waals surface area (Å²) in [6, 6.07) is 0.154. The maximum absolute atomic E-state index is 11.9. The van der Waals surface area contributed by atoms with E-state index in [0.717, 1.165) is 12.8 Å². The number of carbonyl (C=O) groups excluding carboxylic acids is 1. The van der Waals surface area contributed by atoms with Crippen LogP contribution in [0.25, 0.3) is 0 Å². The molecule has 1 atom stereocenters. The van der Waals surface area contributed by atoms with Gasteiger partial charge in [0.25, 0.3) is 0 Å². The number of Topliss-reactive ketones (excluding diaryl/α,β-unsaturated/α-hetero) is 1. The molecule has 0 amide bonds. The standard InChI is InChI=1S/C9H16FN3O/c1-8(14)3-2-4-9-7-13(6-5-10)12-11-9/h9H,2-7H2,1H3. The Balaban J connectivity index is 2.11. The lowest BCUT2D eigenvalue weighted by molar-refractivity contribution is -0.117. The van der Waals surface area contributed by atoms with Gasteiger partial charge in [0.05, 0.1) is 19.1 Å². The van der Waals surface area contributed by atoms with E-state index >= 15 is 0 Å². The lowest BCUT2D eigenvalue weighted by atomic mass is 10.1. The maximum atomic E-state index is 11.9. The molecule has 4 nitrogen and oxygen atoms in total. The molecule has 0 aromatic carbocycles. The van der Waals surface area contributed by atoms with Crippen molar-refractivity contribution in [1.82, 2.24) is 5.01 Å². The molecule has 0 spiro atoms. The molecular formula is C9H16FN3O. The molecule has 0 aromatic heterocycles. The average molecular weight is 201 g/mol. The predicted molar refractivity (Wildman–Crippen MR) is 50.7 cm³/mol. The van der Waals surface area contributed by atoms with E-state index in [0.29, 0.717) is 19.5 Å². The molecule has 14 heavy (non-hydrogen) atoms. The van der Waals surface area contributed by atoms with Crippen molar-refractivity contribution in [3.05, 3.63) is 0 Å². The molecule has 0 aliphatic carbocycles.